The van der Waals surface area contributed by atoms with Gasteiger partial charge in [0.05, 0.1) is 16.9 Å². The van der Waals surface area contributed by atoms with E-state index in [9.17, 15) is 32.5 Å². The third kappa shape index (κ3) is 7.13. The maximum atomic E-state index is 14.6. The standard InChI is InChI=1S/C26H27FN4O6S/c1-28-26(33)24(15-19-9-4-3-5-10-19)29(17-20-11-6-7-14-23(20)27)25(32)18-30(38(2,36)37)21-12-8-13-22(16-21)31(34)35/h3-14,16,24H,15,17-18H2,1-2H3,(H,28,33)/t24-/m1/s1. The highest BCUT2D eigenvalue weighted by molar-refractivity contribution is 7.92. The third-order valence-corrected chi connectivity index (χ3v) is 6.96. The number of carbonyl (C=O) groups excluding carboxylic acids is 2. The van der Waals surface area contributed by atoms with Crippen LogP contribution in [0, 0.1) is 15.9 Å². The number of likely N-dealkylation sites (N-methyl/N-ethyl adjacent to an activating group) is 1. The fraction of sp³-hybridized carbons (Fsp3) is 0.231. The molecule has 3 aromatic rings. The number of hydrogen-bond donors (Lipinski definition) is 1. The van der Waals surface area contributed by atoms with Gasteiger partial charge in [-0.05, 0) is 17.7 Å². The number of amides is 2. The molecule has 0 unspecified atom stereocenters. The number of rotatable bonds is 11. The van der Waals surface area contributed by atoms with Crippen LogP contribution in [0.4, 0.5) is 15.8 Å². The molecule has 0 aromatic heterocycles. The number of non-ortho nitro benzene ring substituents is 1. The van der Waals surface area contributed by atoms with Gasteiger partial charge < -0.3 is 10.2 Å². The molecule has 0 aliphatic rings. The molecule has 0 fully saturated rings. The van der Waals surface area contributed by atoms with Crippen molar-refractivity contribution in [3.63, 3.8) is 0 Å². The lowest BCUT2D eigenvalue weighted by molar-refractivity contribution is -0.384. The van der Waals surface area contributed by atoms with Crippen molar-refractivity contribution in [1.29, 1.82) is 0 Å². The largest absolute Gasteiger partial charge is 0.357 e. The smallest absolute Gasteiger partial charge is 0.271 e. The second-order valence-electron chi connectivity index (χ2n) is 8.48. The van der Waals surface area contributed by atoms with Crippen LogP contribution in [0.2, 0.25) is 0 Å². The van der Waals surface area contributed by atoms with Crippen molar-refractivity contribution in [1.82, 2.24) is 10.2 Å². The van der Waals surface area contributed by atoms with Crippen molar-refractivity contribution in [2.45, 2.75) is 19.0 Å². The number of nitro benzene ring substituents is 1. The molecule has 38 heavy (non-hydrogen) atoms. The summed E-state index contributed by atoms with van der Waals surface area (Å²) in [5.41, 5.74) is 0.398. The Morgan fingerprint density at radius 2 is 1.68 bits per heavy atom. The molecule has 1 atom stereocenters. The van der Waals surface area contributed by atoms with Crippen molar-refractivity contribution in [2.24, 2.45) is 0 Å². The topological polar surface area (TPSA) is 130 Å². The van der Waals surface area contributed by atoms with E-state index in [1.54, 1.807) is 36.4 Å². The molecular weight excluding hydrogens is 515 g/mol. The van der Waals surface area contributed by atoms with Crippen molar-refractivity contribution >= 4 is 33.2 Å². The zero-order chi connectivity index (χ0) is 27.9. The summed E-state index contributed by atoms with van der Waals surface area (Å²) < 4.78 is 40.7. The van der Waals surface area contributed by atoms with Crippen LogP contribution in [-0.2, 0) is 32.6 Å². The van der Waals surface area contributed by atoms with Gasteiger partial charge in [0.1, 0.15) is 18.4 Å². The predicted molar refractivity (Wildman–Crippen MR) is 140 cm³/mol. The summed E-state index contributed by atoms with van der Waals surface area (Å²) in [5.74, 6) is -1.92. The Balaban J connectivity index is 2.05. The molecule has 0 aliphatic heterocycles. The van der Waals surface area contributed by atoms with Crippen LogP contribution in [0.25, 0.3) is 0 Å². The summed E-state index contributed by atoms with van der Waals surface area (Å²) in [6, 6.07) is 18.4. The Morgan fingerprint density at radius 1 is 1.03 bits per heavy atom. The van der Waals surface area contributed by atoms with E-state index >= 15 is 0 Å². The van der Waals surface area contributed by atoms with E-state index in [2.05, 4.69) is 5.32 Å². The molecule has 200 valence electrons. The Hall–Kier alpha value is -4.32. The van der Waals surface area contributed by atoms with Gasteiger partial charge in [-0.3, -0.25) is 24.0 Å². The number of halogens is 1. The number of hydrogen-bond acceptors (Lipinski definition) is 6. The fourth-order valence-electron chi connectivity index (χ4n) is 3.91. The van der Waals surface area contributed by atoms with E-state index in [-0.39, 0.29) is 29.9 Å². The van der Waals surface area contributed by atoms with E-state index in [1.807, 2.05) is 0 Å². The van der Waals surface area contributed by atoms with Crippen molar-refractivity contribution in [3.05, 3.63) is 106 Å². The number of nitro groups is 1. The van der Waals surface area contributed by atoms with Crippen molar-refractivity contribution in [2.75, 3.05) is 24.2 Å². The van der Waals surface area contributed by atoms with Crippen molar-refractivity contribution < 1.29 is 27.3 Å². The first-order valence-corrected chi connectivity index (χ1v) is 13.4. The number of nitrogens with one attached hydrogen (secondary N) is 1. The Labute approximate surface area is 219 Å². The molecule has 3 aromatic carbocycles. The van der Waals surface area contributed by atoms with Gasteiger partial charge in [-0.15, -0.1) is 0 Å². The summed E-state index contributed by atoms with van der Waals surface area (Å²) in [4.78, 5) is 38.4. The molecule has 1 N–H and O–H groups in total. The Bertz CT molecular complexity index is 1420. The van der Waals surface area contributed by atoms with Crippen LogP contribution in [0.15, 0.2) is 78.9 Å². The first-order chi connectivity index (χ1) is 18.0. The minimum absolute atomic E-state index is 0.0798. The molecule has 0 radical (unpaired) electrons. The van der Waals surface area contributed by atoms with E-state index < -0.39 is 45.2 Å². The maximum Gasteiger partial charge on any atom is 0.271 e. The first-order valence-electron chi connectivity index (χ1n) is 11.5. The molecule has 0 heterocycles. The summed E-state index contributed by atoms with van der Waals surface area (Å²) >= 11 is 0. The second kappa shape index (κ2) is 12.3. The summed E-state index contributed by atoms with van der Waals surface area (Å²) in [7, 11) is -2.69. The van der Waals surface area contributed by atoms with Crippen LogP contribution in [-0.4, -0.2) is 55.9 Å². The molecule has 0 aliphatic carbocycles. The van der Waals surface area contributed by atoms with Gasteiger partial charge in [0.15, 0.2) is 0 Å². The molecule has 0 spiro atoms. The molecule has 0 bridgehead atoms. The zero-order valence-electron chi connectivity index (χ0n) is 20.8. The molecule has 12 heteroatoms. The number of sulfonamides is 1. The van der Waals surface area contributed by atoms with Crippen LogP contribution in [0.1, 0.15) is 11.1 Å². The van der Waals surface area contributed by atoms with Gasteiger partial charge in [0.25, 0.3) is 5.69 Å². The first kappa shape index (κ1) is 28.3. The van der Waals surface area contributed by atoms with Crippen LogP contribution >= 0.6 is 0 Å². The lowest BCUT2D eigenvalue weighted by Gasteiger charge is -2.33. The fourth-order valence-corrected chi connectivity index (χ4v) is 4.75. The monoisotopic (exact) mass is 542 g/mol. The van der Waals surface area contributed by atoms with Gasteiger partial charge in [-0.2, -0.15) is 0 Å². The molecule has 2 amide bonds. The van der Waals surface area contributed by atoms with Gasteiger partial charge in [0, 0.05) is 37.7 Å². The quantitative estimate of drug-likeness (QED) is 0.293. The van der Waals surface area contributed by atoms with Gasteiger partial charge in [0.2, 0.25) is 21.8 Å². The Morgan fingerprint density at radius 3 is 2.29 bits per heavy atom. The van der Waals surface area contributed by atoms with Crippen LogP contribution in [0.5, 0.6) is 0 Å². The summed E-state index contributed by atoms with van der Waals surface area (Å²) in [6.07, 6.45) is 0.941. The normalized spacial score (nSPS) is 11.9. The van der Waals surface area contributed by atoms with Gasteiger partial charge >= 0.3 is 0 Å². The van der Waals surface area contributed by atoms with Gasteiger partial charge in [-0.25, -0.2) is 12.8 Å². The molecular formula is C26H27FN4O6S. The van der Waals surface area contributed by atoms with Crippen molar-refractivity contribution in [3.8, 4) is 0 Å². The predicted octanol–water partition coefficient (Wildman–Crippen LogP) is 2.89. The van der Waals surface area contributed by atoms with Crippen LogP contribution in [0.3, 0.4) is 0 Å². The SMILES string of the molecule is CNC(=O)[C@@H](Cc1ccccc1)N(Cc1ccccc1F)C(=O)CN(c1cccc([N+](=O)[O-])c1)S(C)(=O)=O. The van der Waals surface area contributed by atoms with Gasteiger partial charge in [-0.1, -0.05) is 54.6 Å². The number of carbonyl (C=O) groups is 2. The van der Waals surface area contributed by atoms with E-state index in [4.69, 9.17) is 0 Å². The molecule has 3 rings (SSSR count). The average molecular weight is 543 g/mol. The molecule has 10 nitrogen and oxygen atoms in total. The van der Waals surface area contributed by atoms with E-state index in [1.165, 1.54) is 43.4 Å². The third-order valence-electron chi connectivity index (χ3n) is 5.82. The highest BCUT2D eigenvalue weighted by Crippen LogP contribution is 2.24. The lowest BCUT2D eigenvalue weighted by atomic mass is 10.0. The highest BCUT2D eigenvalue weighted by Gasteiger charge is 2.33. The van der Waals surface area contributed by atoms with E-state index in [0.29, 0.717) is 0 Å². The summed E-state index contributed by atoms with van der Waals surface area (Å²) in [5, 5.41) is 13.8. The molecule has 0 saturated heterocycles. The minimum atomic E-state index is -4.09. The minimum Gasteiger partial charge on any atom is -0.357 e. The Kier molecular flexibility index (Phi) is 9.13. The number of benzene rings is 3. The van der Waals surface area contributed by atoms with Crippen LogP contribution < -0.4 is 9.62 Å². The average Bonchev–Trinajstić information content (AvgIpc) is 2.89. The lowest BCUT2D eigenvalue weighted by Crippen LogP contribution is -2.53. The number of anilines is 1. The number of nitrogens with zero attached hydrogens (tertiary/aromatic N) is 3. The maximum absolute atomic E-state index is 14.6. The molecule has 0 saturated carbocycles. The zero-order valence-corrected chi connectivity index (χ0v) is 21.6. The summed E-state index contributed by atoms with van der Waals surface area (Å²) in [6.45, 7) is -1.08. The highest BCUT2D eigenvalue weighted by atomic mass is 32.2. The van der Waals surface area contributed by atoms with E-state index in [0.717, 1.165) is 27.1 Å². The second-order valence-corrected chi connectivity index (χ2v) is 10.4.